The number of aliphatic carboxylic acids is 1. The lowest BCUT2D eigenvalue weighted by Gasteiger charge is -2.34. The molecule has 0 rings (SSSR count). The summed E-state index contributed by atoms with van der Waals surface area (Å²) < 4.78 is 11.1. The molecule has 0 spiro atoms. The van der Waals surface area contributed by atoms with E-state index in [0.717, 1.165) is 49.8 Å². The number of nitrogens with one attached hydrogen (secondary N) is 2. The van der Waals surface area contributed by atoms with Crippen LogP contribution in [0, 0.1) is 0 Å². The summed E-state index contributed by atoms with van der Waals surface area (Å²) >= 11 is 4.33. The minimum atomic E-state index is -1.34. The second-order valence-electron chi connectivity index (χ2n) is 14.4. The lowest BCUT2D eigenvalue weighted by Crippen LogP contribution is -2.59. The summed E-state index contributed by atoms with van der Waals surface area (Å²) in [7, 11) is 0. The first kappa shape index (κ1) is 51.6. The summed E-state index contributed by atoms with van der Waals surface area (Å²) in [6.45, 7) is 6.78. The highest BCUT2D eigenvalue weighted by molar-refractivity contribution is 7.80. The molecule has 55 heavy (non-hydrogen) atoms. The van der Waals surface area contributed by atoms with Crippen molar-refractivity contribution in [2.45, 2.75) is 193 Å². The normalized spacial score (nSPS) is 13.2. The molecule has 0 aromatic rings. The van der Waals surface area contributed by atoms with E-state index >= 15 is 0 Å². The van der Waals surface area contributed by atoms with Crippen molar-refractivity contribution in [1.82, 2.24) is 15.5 Å². The third-order valence-corrected chi connectivity index (χ3v) is 9.72. The molecule has 0 aromatic heterocycles. The van der Waals surface area contributed by atoms with Gasteiger partial charge in [0, 0.05) is 31.4 Å². The van der Waals surface area contributed by atoms with Crippen molar-refractivity contribution in [3.8, 4) is 0 Å². The van der Waals surface area contributed by atoms with Crippen LogP contribution in [0.5, 0.6) is 0 Å². The summed E-state index contributed by atoms with van der Waals surface area (Å²) in [5.74, 6) is -5.26. The number of carbonyl (C=O) groups is 7. The molecule has 0 aromatic carbocycles. The van der Waals surface area contributed by atoms with Gasteiger partial charge in [0.2, 0.25) is 23.6 Å². The fourth-order valence-corrected chi connectivity index (χ4v) is 6.16. The maximum absolute atomic E-state index is 14.2. The molecule has 0 aliphatic carbocycles. The minimum absolute atomic E-state index is 0.0943. The van der Waals surface area contributed by atoms with Gasteiger partial charge in [0.15, 0.2) is 6.10 Å². The summed E-state index contributed by atoms with van der Waals surface area (Å²) in [4.78, 5) is 90.4. The van der Waals surface area contributed by atoms with Gasteiger partial charge in [0.25, 0.3) is 0 Å². The van der Waals surface area contributed by atoms with Crippen molar-refractivity contribution in [3.05, 3.63) is 0 Å². The van der Waals surface area contributed by atoms with E-state index < -0.39 is 72.8 Å². The molecule has 5 N–H and O–H groups in total. The van der Waals surface area contributed by atoms with E-state index in [2.05, 4.69) is 30.2 Å². The molecule has 318 valence electrons. The zero-order valence-electron chi connectivity index (χ0n) is 34.1. The Hall–Kier alpha value is -3.36. The van der Waals surface area contributed by atoms with Crippen molar-refractivity contribution in [3.63, 3.8) is 0 Å². The zero-order valence-corrected chi connectivity index (χ0v) is 35.0. The van der Waals surface area contributed by atoms with Crippen LogP contribution in [0.3, 0.4) is 0 Å². The number of unbranched alkanes of at least 4 members (excludes halogenated alkanes) is 14. The largest absolute Gasteiger partial charge is 0.481 e. The Bertz CT molecular complexity index is 1140. The number of primary amides is 1. The molecule has 4 amide bonds. The first-order valence-corrected chi connectivity index (χ1v) is 21.3. The monoisotopic (exact) mass is 800 g/mol. The van der Waals surface area contributed by atoms with Gasteiger partial charge in [0.05, 0.1) is 6.54 Å². The lowest BCUT2D eigenvalue weighted by molar-refractivity contribution is -0.163. The molecule has 0 saturated heterocycles. The average molecular weight is 801 g/mol. The first-order chi connectivity index (χ1) is 26.3. The molecule has 1 unspecified atom stereocenters. The molecule has 0 saturated carbocycles. The van der Waals surface area contributed by atoms with E-state index in [-0.39, 0.29) is 44.0 Å². The van der Waals surface area contributed by atoms with Crippen LogP contribution < -0.4 is 16.4 Å². The van der Waals surface area contributed by atoms with Crippen LogP contribution in [0.4, 0.5) is 0 Å². The fraction of sp³-hybridized carbons (Fsp3) is 0.825. The second-order valence-corrected chi connectivity index (χ2v) is 14.7. The predicted octanol–water partition coefficient (Wildman–Crippen LogP) is 5.77. The third-order valence-electron chi connectivity index (χ3n) is 9.36. The summed E-state index contributed by atoms with van der Waals surface area (Å²) in [6.07, 6.45) is 15.5. The number of amides is 4. The topological polar surface area (TPSA) is 212 Å². The molecule has 0 bridgehead atoms. The molecular formula is C40H72N4O10S. The van der Waals surface area contributed by atoms with Crippen LogP contribution in [0.15, 0.2) is 0 Å². The van der Waals surface area contributed by atoms with Crippen molar-refractivity contribution >= 4 is 54.2 Å². The van der Waals surface area contributed by atoms with Gasteiger partial charge in [-0.3, -0.25) is 33.6 Å². The Morgan fingerprint density at radius 3 is 1.67 bits per heavy atom. The van der Waals surface area contributed by atoms with Gasteiger partial charge >= 0.3 is 17.9 Å². The lowest BCUT2D eigenvalue weighted by atomic mass is 10.1. The van der Waals surface area contributed by atoms with Crippen molar-refractivity contribution < 1.29 is 48.1 Å². The van der Waals surface area contributed by atoms with Crippen molar-refractivity contribution in [1.29, 1.82) is 0 Å². The number of nitrogens with two attached hydrogens (primary N) is 1. The van der Waals surface area contributed by atoms with Crippen molar-refractivity contribution in [2.75, 3.05) is 18.9 Å². The van der Waals surface area contributed by atoms with E-state index in [4.69, 9.17) is 20.3 Å². The molecule has 14 nitrogen and oxygen atoms in total. The number of carboxylic acids is 1. The van der Waals surface area contributed by atoms with Crippen LogP contribution >= 0.6 is 12.6 Å². The Morgan fingerprint density at radius 1 is 0.673 bits per heavy atom. The zero-order chi connectivity index (χ0) is 41.4. The number of rotatable bonds is 35. The van der Waals surface area contributed by atoms with Gasteiger partial charge in [-0.25, -0.2) is 0 Å². The Kier molecular flexibility index (Phi) is 30.8. The number of esters is 2. The summed E-state index contributed by atoms with van der Waals surface area (Å²) in [5.41, 5.74) is 5.44. The van der Waals surface area contributed by atoms with E-state index in [9.17, 15) is 33.6 Å². The number of ether oxygens (including phenoxy) is 2. The number of nitrogens with zero attached hydrogens (tertiary/aromatic N) is 1. The Balaban J connectivity index is 5.96. The van der Waals surface area contributed by atoms with Crippen LogP contribution in [-0.2, 0) is 43.0 Å². The number of hydrogen-bond donors (Lipinski definition) is 5. The van der Waals surface area contributed by atoms with Gasteiger partial charge < -0.3 is 35.8 Å². The fourth-order valence-electron chi connectivity index (χ4n) is 5.91. The van der Waals surface area contributed by atoms with Crippen LogP contribution in [-0.4, -0.2) is 94.7 Å². The number of thiol groups is 1. The minimum Gasteiger partial charge on any atom is -0.481 e. The number of hydrogen-bond acceptors (Lipinski definition) is 10. The van der Waals surface area contributed by atoms with E-state index in [1.165, 1.54) is 51.9 Å². The van der Waals surface area contributed by atoms with Crippen LogP contribution in [0.25, 0.3) is 0 Å². The first-order valence-electron chi connectivity index (χ1n) is 20.7. The molecule has 0 radical (unpaired) electrons. The molecule has 0 aliphatic rings. The maximum atomic E-state index is 14.2. The van der Waals surface area contributed by atoms with Gasteiger partial charge in [-0.1, -0.05) is 111 Å². The predicted molar refractivity (Wildman–Crippen MR) is 215 cm³/mol. The average Bonchev–Trinajstić information content (AvgIpc) is 3.14. The van der Waals surface area contributed by atoms with Crippen LogP contribution in [0.1, 0.15) is 169 Å². The molecule has 0 fully saturated rings. The molecule has 0 aliphatic heterocycles. The summed E-state index contributed by atoms with van der Waals surface area (Å²) in [5, 5.41) is 14.3. The maximum Gasteiger partial charge on any atom is 0.306 e. The smallest absolute Gasteiger partial charge is 0.306 e. The Morgan fingerprint density at radius 2 is 1.16 bits per heavy atom. The number of carboxylic acid groups (broad SMARTS) is 1. The quantitative estimate of drug-likeness (QED) is 0.0297. The van der Waals surface area contributed by atoms with E-state index in [0.29, 0.717) is 19.3 Å². The van der Waals surface area contributed by atoms with E-state index in [1.54, 1.807) is 0 Å². The highest BCUT2D eigenvalue weighted by Crippen LogP contribution is 2.15. The molecule has 4 atom stereocenters. The third kappa shape index (κ3) is 26.2. The SMILES string of the molecule is CCCCCCCCCCCCCC(=O)NC(CS)C(=O)N(C[C@H](COC(=O)CCCCC)OC(=O)CCCCC)[C@@H](C)C(=O)N[C@H](CCC(=O)O)C(N)=O. The number of carbonyl (C=O) groups excluding carboxylic acids is 6. The van der Waals surface area contributed by atoms with E-state index in [1.807, 2.05) is 13.8 Å². The molecular weight excluding hydrogens is 729 g/mol. The van der Waals surface area contributed by atoms with Crippen molar-refractivity contribution in [2.24, 2.45) is 5.73 Å². The van der Waals surface area contributed by atoms with Gasteiger partial charge in [-0.15, -0.1) is 0 Å². The molecule has 15 heteroatoms. The highest BCUT2D eigenvalue weighted by atomic mass is 32.1. The summed E-state index contributed by atoms with van der Waals surface area (Å²) in [6, 6.07) is -3.84. The van der Waals surface area contributed by atoms with Gasteiger partial charge in [-0.05, 0) is 32.6 Å². The Labute approximate surface area is 334 Å². The van der Waals surface area contributed by atoms with Gasteiger partial charge in [-0.2, -0.15) is 12.6 Å². The van der Waals surface area contributed by atoms with Gasteiger partial charge in [0.1, 0.15) is 24.7 Å². The second kappa shape index (κ2) is 32.8. The standard InChI is InChI=1S/C40H72N4O10S/c1-5-8-11-12-13-14-15-16-17-18-21-22-34(45)42-33(29-55)40(52)44(30(4)39(51)43-32(38(41)50)25-26-35(46)47)27-31(54-37(49)24-20-10-7-3)28-53-36(48)23-19-9-6-2/h30-33,55H,5-29H2,1-4H3,(H2,41,50)(H,42,45)(H,43,51)(H,46,47)/t30-,31+,32+,33?/m0/s1. The molecule has 0 heterocycles. The highest BCUT2D eigenvalue weighted by Gasteiger charge is 2.35. The van der Waals surface area contributed by atoms with Crippen LogP contribution in [0.2, 0.25) is 0 Å².